The highest BCUT2D eigenvalue weighted by atomic mass is 16.5. The molecule has 0 atom stereocenters. The first-order valence-electron chi connectivity index (χ1n) is 9.09. The van der Waals surface area contributed by atoms with Gasteiger partial charge in [0, 0.05) is 31.5 Å². The largest absolute Gasteiger partial charge is 0.458 e. The minimum absolute atomic E-state index is 0.732. The van der Waals surface area contributed by atoms with E-state index in [0.717, 1.165) is 40.7 Å². The number of hydrogen-bond acceptors (Lipinski definition) is 4. The Kier molecular flexibility index (Phi) is 4.36. The highest BCUT2D eigenvalue weighted by Gasteiger charge is 2.09. The van der Waals surface area contributed by atoms with Gasteiger partial charge < -0.3 is 19.9 Å². The molecular formula is C22H24N4O. The van der Waals surface area contributed by atoms with Gasteiger partial charge in [-0.3, -0.25) is 0 Å². The first-order chi connectivity index (χ1) is 13.0. The minimum Gasteiger partial charge on any atom is -0.458 e. The van der Waals surface area contributed by atoms with Crippen LogP contribution >= 0.6 is 0 Å². The Bertz CT molecular complexity index is 1040. The molecule has 2 N–H and O–H groups in total. The molecule has 0 saturated carbocycles. The quantitative estimate of drug-likeness (QED) is 0.691. The number of rotatable bonds is 4. The summed E-state index contributed by atoms with van der Waals surface area (Å²) >= 11 is 0. The first-order valence-corrected chi connectivity index (χ1v) is 9.09. The molecule has 3 aromatic rings. The van der Waals surface area contributed by atoms with E-state index in [9.17, 15) is 0 Å². The van der Waals surface area contributed by atoms with Gasteiger partial charge in [0.15, 0.2) is 0 Å². The number of benzene rings is 2. The molecule has 0 amide bonds. The number of ether oxygens (including phenoxy) is 1. The SMILES string of the molecule is Cc1cc(C)c(Nc2nc3ccc(OC4=CCN(C)C=C4)cc3[nH]2)c(C)c1. The Hall–Kier alpha value is -3.21. The van der Waals surface area contributed by atoms with Gasteiger partial charge in [-0.15, -0.1) is 0 Å². The van der Waals surface area contributed by atoms with Crippen LogP contribution in [0.5, 0.6) is 5.75 Å². The van der Waals surface area contributed by atoms with Crippen LogP contribution in [0.3, 0.4) is 0 Å². The van der Waals surface area contributed by atoms with Crippen molar-refractivity contribution in [3.63, 3.8) is 0 Å². The molecule has 0 fully saturated rings. The lowest BCUT2D eigenvalue weighted by Gasteiger charge is -2.17. The van der Waals surface area contributed by atoms with E-state index >= 15 is 0 Å². The monoisotopic (exact) mass is 360 g/mol. The van der Waals surface area contributed by atoms with E-state index in [0.29, 0.717) is 0 Å². The van der Waals surface area contributed by atoms with Gasteiger partial charge in [0.2, 0.25) is 5.95 Å². The van der Waals surface area contributed by atoms with Gasteiger partial charge in [-0.05, 0) is 56.2 Å². The van der Waals surface area contributed by atoms with Crippen molar-refractivity contribution in [1.29, 1.82) is 0 Å². The summed E-state index contributed by atoms with van der Waals surface area (Å²) in [5, 5.41) is 3.43. The molecule has 0 bridgehead atoms. The Morgan fingerprint density at radius 2 is 1.89 bits per heavy atom. The molecule has 1 aliphatic heterocycles. The smallest absolute Gasteiger partial charge is 0.205 e. The zero-order valence-corrected chi connectivity index (χ0v) is 16.1. The zero-order chi connectivity index (χ0) is 19.0. The molecule has 0 aliphatic carbocycles. The van der Waals surface area contributed by atoms with Crippen LogP contribution in [-0.4, -0.2) is 28.5 Å². The van der Waals surface area contributed by atoms with Crippen LogP contribution in [0.4, 0.5) is 11.6 Å². The van der Waals surface area contributed by atoms with Gasteiger partial charge in [-0.1, -0.05) is 17.7 Å². The Morgan fingerprint density at radius 3 is 2.59 bits per heavy atom. The number of nitrogens with one attached hydrogen (secondary N) is 2. The van der Waals surface area contributed by atoms with Crippen LogP contribution < -0.4 is 10.1 Å². The van der Waals surface area contributed by atoms with Gasteiger partial charge in [-0.2, -0.15) is 0 Å². The maximum Gasteiger partial charge on any atom is 0.205 e. The molecule has 2 aromatic carbocycles. The summed E-state index contributed by atoms with van der Waals surface area (Å²) in [5.74, 6) is 2.38. The lowest BCUT2D eigenvalue weighted by Crippen LogP contribution is -2.15. The predicted molar refractivity (Wildman–Crippen MR) is 111 cm³/mol. The standard InChI is InChI=1S/C22H24N4O/c1-14-11-15(2)21(16(3)12-14)25-22-23-19-6-5-18(13-20(19)24-22)27-17-7-9-26(4)10-8-17/h5-9,11-13H,10H2,1-4H3,(H2,23,24,25). The fourth-order valence-electron chi connectivity index (χ4n) is 3.38. The lowest BCUT2D eigenvalue weighted by molar-refractivity contribution is 0.416. The first kappa shape index (κ1) is 17.2. The molecule has 0 spiro atoms. The van der Waals surface area contributed by atoms with Crippen molar-refractivity contribution in [1.82, 2.24) is 14.9 Å². The van der Waals surface area contributed by atoms with E-state index < -0.39 is 0 Å². The van der Waals surface area contributed by atoms with E-state index in [1.54, 1.807) is 0 Å². The van der Waals surface area contributed by atoms with E-state index in [1.807, 2.05) is 37.5 Å². The average Bonchev–Trinajstić information content (AvgIpc) is 3.02. The van der Waals surface area contributed by atoms with Gasteiger partial charge in [0.1, 0.15) is 11.5 Å². The van der Waals surface area contributed by atoms with Crippen LogP contribution in [-0.2, 0) is 0 Å². The van der Waals surface area contributed by atoms with E-state index in [4.69, 9.17) is 4.74 Å². The van der Waals surface area contributed by atoms with Crippen molar-refractivity contribution < 1.29 is 4.74 Å². The molecule has 0 unspecified atom stereocenters. The number of fused-ring (bicyclic) bond motifs is 1. The highest BCUT2D eigenvalue weighted by molar-refractivity contribution is 5.80. The predicted octanol–water partition coefficient (Wildman–Crippen LogP) is 4.95. The number of nitrogens with zero attached hydrogens (tertiary/aromatic N) is 2. The number of hydrogen-bond donors (Lipinski definition) is 2. The van der Waals surface area contributed by atoms with Crippen LogP contribution in [0.15, 0.2) is 54.4 Å². The summed E-state index contributed by atoms with van der Waals surface area (Å²) in [6, 6.07) is 10.2. The van der Waals surface area contributed by atoms with E-state index in [2.05, 4.69) is 59.2 Å². The van der Waals surface area contributed by atoms with Crippen LogP contribution in [0.1, 0.15) is 16.7 Å². The number of aromatic nitrogens is 2. The van der Waals surface area contributed by atoms with Crippen molar-refractivity contribution >= 4 is 22.7 Å². The number of likely N-dealkylation sites (N-methyl/N-ethyl adjacent to an activating group) is 1. The summed E-state index contributed by atoms with van der Waals surface area (Å²) in [6.45, 7) is 7.18. The third kappa shape index (κ3) is 3.67. The number of aryl methyl sites for hydroxylation is 3. The van der Waals surface area contributed by atoms with Gasteiger partial charge in [0.05, 0.1) is 11.0 Å². The van der Waals surface area contributed by atoms with Crippen molar-refractivity contribution in [3.05, 3.63) is 71.1 Å². The number of imidazole rings is 1. The highest BCUT2D eigenvalue weighted by Crippen LogP contribution is 2.27. The van der Waals surface area contributed by atoms with Crippen LogP contribution in [0.25, 0.3) is 11.0 Å². The third-order valence-corrected chi connectivity index (χ3v) is 4.68. The minimum atomic E-state index is 0.732. The molecule has 0 radical (unpaired) electrons. The van der Waals surface area contributed by atoms with Crippen molar-refractivity contribution in [2.24, 2.45) is 0 Å². The summed E-state index contributed by atoms with van der Waals surface area (Å²) in [7, 11) is 2.03. The number of anilines is 2. The van der Waals surface area contributed by atoms with E-state index in [1.165, 1.54) is 16.7 Å². The van der Waals surface area contributed by atoms with Crippen molar-refractivity contribution in [2.75, 3.05) is 18.9 Å². The van der Waals surface area contributed by atoms with Crippen LogP contribution in [0.2, 0.25) is 0 Å². The second-order valence-electron chi connectivity index (χ2n) is 7.13. The fraction of sp³-hybridized carbons (Fsp3) is 0.227. The van der Waals surface area contributed by atoms with Crippen molar-refractivity contribution in [3.8, 4) is 5.75 Å². The fourth-order valence-corrected chi connectivity index (χ4v) is 3.38. The topological polar surface area (TPSA) is 53.2 Å². The molecule has 5 heteroatoms. The number of aromatic amines is 1. The molecule has 4 rings (SSSR count). The maximum absolute atomic E-state index is 5.97. The third-order valence-electron chi connectivity index (χ3n) is 4.68. The molecule has 0 saturated heterocycles. The second-order valence-corrected chi connectivity index (χ2v) is 7.13. The second kappa shape index (κ2) is 6.83. The summed E-state index contributed by atoms with van der Waals surface area (Å²) in [6.07, 6.45) is 6.04. The summed E-state index contributed by atoms with van der Waals surface area (Å²) < 4.78 is 5.97. The number of allylic oxidation sites excluding steroid dienone is 1. The molecule has 27 heavy (non-hydrogen) atoms. The molecule has 5 nitrogen and oxygen atoms in total. The molecule has 1 aliphatic rings. The Balaban J connectivity index is 1.57. The summed E-state index contributed by atoms with van der Waals surface area (Å²) in [5.41, 5.74) is 6.61. The zero-order valence-electron chi connectivity index (χ0n) is 16.1. The van der Waals surface area contributed by atoms with Crippen molar-refractivity contribution in [2.45, 2.75) is 20.8 Å². The Labute approximate surface area is 159 Å². The van der Waals surface area contributed by atoms with E-state index in [-0.39, 0.29) is 0 Å². The van der Waals surface area contributed by atoms with Gasteiger partial charge in [0.25, 0.3) is 0 Å². The summed E-state index contributed by atoms with van der Waals surface area (Å²) in [4.78, 5) is 10.1. The molecule has 138 valence electrons. The van der Waals surface area contributed by atoms with Gasteiger partial charge in [-0.25, -0.2) is 4.98 Å². The normalized spacial score (nSPS) is 13.8. The molecular weight excluding hydrogens is 336 g/mol. The average molecular weight is 360 g/mol. The molecule has 2 heterocycles. The molecule has 1 aromatic heterocycles. The van der Waals surface area contributed by atoms with Gasteiger partial charge >= 0.3 is 0 Å². The van der Waals surface area contributed by atoms with Crippen LogP contribution in [0, 0.1) is 20.8 Å². The lowest BCUT2D eigenvalue weighted by atomic mass is 10.1. The number of H-pyrrole nitrogens is 1. The maximum atomic E-state index is 5.97. The Morgan fingerprint density at radius 1 is 1.11 bits per heavy atom.